The molecule has 0 radical (unpaired) electrons. The molecule has 3 N–H and O–H groups in total. The lowest BCUT2D eigenvalue weighted by Gasteiger charge is -2.34. The largest absolute Gasteiger partial charge is 0.394 e. The molecule has 0 bridgehead atoms. The smallest absolute Gasteiger partial charge is 0.148 e. The molecule has 0 aliphatic heterocycles. The minimum atomic E-state index is -0.00734. The molecule has 17 heavy (non-hydrogen) atoms. The molecule has 0 aliphatic rings. The van der Waals surface area contributed by atoms with Gasteiger partial charge in [0.2, 0.25) is 0 Å². The van der Waals surface area contributed by atoms with Gasteiger partial charge in [-0.25, -0.2) is 0 Å². The van der Waals surface area contributed by atoms with Crippen LogP contribution in [0.25, 0.3) is 0 Å². The number of nitrogens with zero attached hydrogens (tertiary/aromatic N) is 2. The minimum Gasteiger partial charge on any atom is -0.394 e. The Morgan fingerprint density at radius 3 is 2.12 bits per heavy atom. The lowest BCUT2D eigenvalue weighted by atomic mass is 9.82. The standard InChI is InChI=1S/C13H26N4/c1-9-10(14)11(17(7)16-9)15-13(5,6)8-12(2,3)4/h15H,8,14H2,1-7H3. The number of nitrogens with two attached hydrogens (primary N) is 1. The highest BCUT2D eigenvalue weighted by molar-refractivity contribution is 5.65. The molecule has 0 saturated carbocycles. The molecular formula is C13H26N4. The molecule has 0 atom stereocenters. The van der Waals surface area contributed by atoms with E-state index in [0.717, 1.165) is 23.6 Å². The molecule has 0 amide bonds. The first kappa shape index (κ1) is 13.9. The van der Waals surface area contributed by atoms with Gasteiger partial charge in [0.15, 0.2) is 0 Å². The quantitative estimate of drug-likeness (QED) is 0.851. The first-order chi connectivity index (χ1) is 7.52. The molecule has 1 rings (SSSR count). The Hall–Kier alpha value is -1.19. The van der Waals surface area contributed by atoms with Crippen molar-refractivity contribution in [3.8, 4) is 0 Å². The van der Waals surface area contributed by atoms with E-state index in [1.807, 2.05) is 18.7 Å². The number of hydrogen-bond donors (Lipinski definition) is 2. The number of rotatable bonds is 3. The number of hydrogen-bond acceptors (Lipinski definition) is 3. The number of anilines is 2. The lowest BCUT2D eigenvalue weighted by molar-refractivity contribution is 0.301. The van der Waals surface area contributed by atoms with E-state index in [1.165, 1.54) is 0 Å². The predicted octanol–water partition coefficient (Wildman–Crippen LogP) is 2.94. The topological polar surface area (TPSA) is 55.9 Å². The van der Waals surface area contributed by atoms with Crippen LogP contribution in [0.1, 0.15) is 46.7 Å². The van der Waals surface area contributed by atoms with Crippen molar-refractivity contribution in [2.45, 2.75) is 53.5 Å². The van der Waals surface area contributed by atoms with Crippen molar-refractivity contribution in [1.29, 1.82) is 0 Å². The van der Waals surface area contributed by atoms with Gasteiger partial charge in [-0.2, -0.15) is 5.10 Å². The molecular weight excluding hydrogens is 212 g/mol. The Morgan fingerprint density at radius 2 is 1.76 bits per heavy atom. The van der Waals surface area contributed by atoms with E-state index in [9.17, 15) is 0 Å². The zero-order valence-electron chi connectivity index (χ0n) is 12.2. The molecule has 4 heteroatoms. The van der Waals surface area contributed by atoms with Gasteiger partial charge in [0.05, 0.1) is 11.4 Å². The predicted molar refractivity (Wildman–Crippen MR) is 74.1 cm³/mol. The van der Waals surface area contributed by atoms with Gasteiger partial charge in [0.25, 0.3) is 0 Å². The van der Waals surface area contributed by atoms with E-state index < -0.39 is 0 Å². The van der Waals surface area contributed by atoms with Crippen molar-refractivity contribution in [2.24, 2.45) is 12.5 Å². The molecule has 0 spiro atoms. The van der Waals surface area contributed by atoms with Crippen LogP contribution in [0, 0.1) is 12.3 Å². The zero-order chi connectivity index (χ0) is 13.4. The van der Waals surface area contributed by atoms with Crippen LogP contribution in [-0.4, -0.2) is 15.3 Å². The maximum atomic E-state index is 6.03. The van der Waals surface area contributed by atoms with Crippen LogP contribution in [-0.2, 0) is 7.05 Å². The second-order valence-corrected chi connectivity index (χ2v) is 6.72. The number of nitrogens with one attached hydrogen (secondary N) is 1. The highest BCUT2D eigenvalue weighted by Gasteiger charge is 2.27. The Bertz CT molecular complexity index is 396. The molecule has 0 fully saturated rings. The first-order valence-electron chi connectivity index (χ1n) is 6.09. The fourth-order valence-corrected chi connectivity index (χ4v) is 2.51. The molecule has 0 unspecified atom stereocenters. The zero-order valence-corrected chi connectivity index (χ0v) is 12.2. The van der Waals surface area contributed by atoms with Gasteiger partial charge in [0, 0.05) is 12.6 Å². The van der Waals surface area contributed by atoms with Crippen LogP contribution in [0.3, 0.4) is 0 Å². The van der Waals surface area contributed by atoms with Gasteiger partial charge in [-0.1, -0.05) is 20.8 Å². The molecule has 4 nitrogen and oxygen atoms in total. The van der Waals surface area contributed by atoms with E-state index in [4.69, 9.17) is 5.73 Å². The third-order valence-corrected chi connectivity index (χ3v) is 2.70. The third kappa shape index (κ3) is 3.65. The van der Waals surface area contributed by atoms with Crippen molar-refractivity contribution < 1.29 is 0 Å². The summed E-state index contributed by atoms with van der Waals surface area (Å²) >= 11 is 0. The lowest BCUT2D eigenvalue weighted by Crippen LogP contribution is -2.36. The number of nitrogen functional groups attached to an aromatic ring is 1. The van der Waals surface area contributed by atoms with E-state index >= 15 is 0 Å². The fraction of sp³-hybridized carbons (Fsp3) is 0.769. The van der Waals surface area contributed by atoms with Crippen molar-refractivity contribution in [3.63, 3.8) is 0 Å². The van der Waals surface area contributed by atoms with Crippen LogP contribution in [0.2, 0.25) is 0 Å². The van der Waals surface area contributed by atoms with E-state index in [0.29, 0.717) is 0 Å². The molecule has 0 aromatic carbocycles. The van der Waals surface area contributed by atoms with Gasteiger partial charge < -0.3 is 11.1 Å². The SMILES string of the molecule is Cc1nn(C)c(NC(C)(C)CC(C)(C)C)c1N. The van der Waals surface area contributed by atoms with Gasteiger partial charge in [-0.3, -0.25) is 4.68 Å². The average Bonchev–Trinajstić information content (AvgIpc) is 2.27. The summed E-state index contributed by atoms with van der Waals surface area (Å²) in [6.07, 6.45) is 1.06. The Labute approximate surface area is 105 Å². The van der Waals surface area contributed by atoms with Crippen LogP contribution in [0.15, 0.2) is 0 Å². The minimum absolute atomic E-state index is 0.00734. The highest BCUT2D eigenvalue weighted by Crippen LogP contribution is 2.31. The van der Waals surface area contributed by atoms with Crippen LogP contribution >= 0.6 is 0 Å². The summed E-state index contributed by atoms with van der Waals surface area (Å²) in [5.74, 6) is 0.914. The Kier molecular flexibility index (Phi) is 3.46. The average molecular weight is 238 g/mol. The van der Waals surface area contributed by atoms with Gasteiger partial charge >= 0.3 is 0 Å². The molecule has 0 aliphatic carbocycles. The maximum absolute atomic E-state index is 6.03. The summed E-state index contributed by atoms with van der Waals surface area (Å²) in [5.41, 5.74) is 7.92. The normalized spacial score (nSPS) is 12.9. The summed E-state index contributed by atoms with van der Waals surface area (Å²) in [4.78, 5) is 0. The maximum Gasteiger partial charge on any atom is 0.148 e. The van der Waals surface area contributed by atoms with Crippen LogP contribution < -0.4 is 11.1 Å². The van der Waals surface area contributed by atoms with Gasteiger partial charge in [-0.05, 0) is 32.6 Å². The summed E-state index contributed by atoms with van der Waals surface area (Å²) < 4.78 is 1.81. The second kappa shape index (κ2) is 4.24. The Balaban J connectivity index is 2.90. The molecule has 1 aromatic heterocycles. The number of aromatic nitrogens is 2. The summed E-state index contributed by atoms with van der Waals surface area (Å²) in [5, 5.41) is 7.83. The van der Waals surface area contributed by atoms with E-state index in [1.54, 1.807) is 0 Å². The highest BCUT2D eigenvalue weighted by atomic mass is 15.3. The first-order valence-corrected chi connectivity index (χ1v) is 6.09. The van der Waals surface area contributed by atoms with Crippen LogP contribution in [0.5, 0.6) is 0 Å². The van der Waals surface area contributed by atoms with Gasteiger partial charge in [0.1, 0.15) is 5.82 Å². The van der Waals surface area contributed by atoms with E-state index in [2.05, 4.69) is 45.0 Å². The van der Waals surface area contributed by atoms with Crippen molar-refractivity contribution in [1.82, 2.24) is 9.78 Å². The van der Waals surface area contributed by atoms with Gasteiger partial charge in [-0.15, -0.1) is 0 Å². The second-order valence-electron chi connectivity index (χ2n) is 6.72. The molecule has 0 saturated heterocycles. The Morgan fingerprint density at radius 1 is 1.24 bits per heavy atom. The number of aryl methyl sites for hydroxylation is 2. The fourth-order valence-electron chi connectivity index (χ4n) is 2.51. The van der Waals surface area contributed by atoms with Crippen LogP contribution in [0.4, 0.5) is 11.5 Å². The molecule has 98 valence electrons. The van der Waals surface area contributed by atoms with Crippen molar-refractivity contribution in [3.05, 3.63) is 5.69 Å². The summed E-state index contributed by atoms with van der Waals surface area (Å²) in [6.45, 7) is 13.0. The van der Waals surface area contributed by atoms with Crippen molar-refractivity contribution in [2.75, 3.05) is 11.1 Å². The van der Waals surface area contributed by atoms with Crippen molar-refractivity contribution >= 4 is 11.5 Å². The summed E-state index contributed by atoms with van der Waals surface area (Å²) in [6, 6.07) is 0. The monoisotopic (exact) mass is 238 g/mol. The van der Waals surface area contributed by atoms with E-state index in [-0.39, 0.29) is 11.0 Å². The summed E-state index contributed by atoms with van der Waals surface area (Å²) in [7, 11) is 1.92. The molecule has 1 aromatic rings. The third-order valence-electron chi connectivity index (χ3n) is 2.70. The molecule has 1 heterocycles.